The van der Waals surface area contributed by atoms with Gasteiger partial charge >= 0.3 is 0 Å². The van der Waals surface area contributed by atoms with Gasteiger partial charge in [0, 0.05) is 31.5 Å². The molecule has 0 atom stereocenters. The summed E-state index contributed by atoms with van der Waals surface area (Å²) >= 11 is 5.87. The van der Waals surface area contributed by atoms with E-state index in [0.29, 0.717) is 30.2 Å². The summed E-state index contributed by atoms with van der Waals surface area (Å²) in [6, 6.07) is 8.27. The fourth-order valence-electron chi connectivity index (χ4n) is 3.81. The lowest BCUT2D eigenvalue weighted by atomic mass is 10.0. The molecule has 0 saturated heterocycles. The van der Waals surface area contributed by atoms with Gasteiger partial charge in [0.15, 0.2) is 17.5 Å². The first-order valence-corrected chi connectivity index (χ1v) is 10.7. The van der Waals surface area contributed by atoms with Gasteiger partial charge in [0.05, 0.1) is 11.4 Å². The van der Waals surface area contributed by atoms with Crippen LogP contribution in [0, 0.1) is 24.4 Å². The van der Waals surface area contributed by atoms with Crippen molar-refractivity contribution in [3.8, 4) is 11.5 Å². The summed E-state index contributed by atoms with van der Waals surface area (Å²) in [5, 5.41) is 1.90. The minimum atomic E-state index is -1.66. The molecule has 1 aliphatic heterocycles. The molecule has 34 heavy (non-hydrogen) atoms. The van der Waals surface area contributed by atoms with Crippen LogP contribution in [0.3, 0.4) is 0 Å². The van der Waals surface area contributed by atoms with Gasteiger partial charge in [-0.2, -0.15) is 0 Å². The highest BCUT2D eigenvalue weighted by atomic mass is 35.5. The third-order valence-corrected chi connectivity index (χ3v) is 6.02. The zero-order chi connectivity index (χ0) is 24.6. The molecule has 0 saturated carbocycles. The summed E-state index contributed by atoms with van der Waals surface area (Å²) in [7, 11) is 1.50. The highest BCUT2D eigenvalue weighted by molar-refractivity contribution is 6.31. The fraction of sp³-hybridized carbons (Fsp3) is 0.208. The first-order chi connectivity index (χ1) is 16.2. The maximum Gasteiger partial charge on any atom is 0.269 e. The number of anilines is 1. The summed E-state index contributed by atoms with van der Waals surface area (Å²) in [4.78, 5) is 30.2. The molecule has 0 unspecified atom stereocenters. The summed E-state index contributed by atoms with van der Waals surface area (Å²) in [6.07, 6.45) is 1.62. The van der Waals surface area contributed by atoms with E-state index in [4.69, 9.17) is 16.3 Å². The first-order valence-electron chi connectivity index (χ1n) is 10.3. The number of nitrogens with one attached hydrogen (secondary N) is 1. The van der Waals surface area contributed by atoms with Crippen LogP contribution >= 0.6 is 11.6 Å². The lowest BCUT2D eigenvalue weighted by molar-refractivity contribution is -0.117. The van der Waals surface area contributed by atoms with Gasteiger partial charge in [-0.1, -0.05) is 11.6 Å². The monoisotopic (exact) mass is 489 g/mol. The summed E-state index contributed by atoms with van der Waals surface area (Å²) in [5.74, 6) is -4.36. The van der Waals surface area contributed by atoms with Gasteiger partial charge in [0.1, 0.15) is 17.2 Å². The average molecular weight is 490 g/mol. The predicted octanol–water partition coefficient (Wildman–Crippen LogP) is 4.74. The number of pyridine rings is 1. The number of rotatable bonds is 5. The normalized spacial score (nSPS) is 12.5. The average Bonchev–Trinajstić information content (AvgIpc) is 3.27. The van der Waals surface area contributed by atoms with Gasteiger partial charge in [-0.15, -0.1) is 0 Å². The van der Waals surface area contributed by atoms with Crippen molar-refractivity contribution in [1.82, 2.24) is 10.3 Å². The molecule has 1 aliphatic rings. The number of benzene rings is 2. The molecule has 6 nitrogen and oxygen atoms in total. The number of carbonyl (C=O) groups is 2. The molecule has 4 rings (SSSR count). The van der Waals surface area contributed by atoms with Crippen molar-refractivity contribution in [2.45, 2.75) is 19.8 Å². The molecule has 0 fully saturated rings. The van der Waals surface area contributed by atoms with E-state index in [2.05, 4.69) is 10.3 Å². The minimum absolute atomic E-state index is 0.0823. The number of fused-ring (bicyclic) bond motifs is 1. The van der Waals surface area contributed by atoms with Crippen LogP contribution in [0.15, 0.2) is 36.5 Å². The van der Waals surface area contributed by atoms with Gasteiger partial charge in [-0.25, -0.2) is 13.2 Å². The van der Waals surface area contributed by atoms with Crippen molar-refractivity contribution in [3.05, 3.63) is 81.4 Å². The van der Waals surface area contributed by atoms with E-state index in [1.54, 1.807) is 24.3 Å². The van der Waals surface area contributed by atoms with E-state index in [9.17, 15) is 22.8 Å². The molecule has 2 heterocycles. The molecule has 0 spiro atoms. The molecule has 2 amide bonds. The molecule has 0 aliphatic carbocycles. The highest BCUT2D eigenvalue weighted by Gasteiger charge is 2.28. The largest absolute Gasteiger partial charge is 0.457 e. The van der Waals surface area contributed by atoms with Crippen molar-refractivity contribution in [3.63, 3.8) is 0 Å². The Kier molecular flexibility index (Phi) is 6.47. The first kappa shape index (κ1) is 23.6. The van der Waals surface area contributed by atoms with Crippen molar-refractivity contribution < 1.29 is 27.5 Å². The molecule has 2 aromatic carbocycles. The Morgan fingerprint density at radius 2 is 1.85 bits per heavy atom. The van der Waals surface area contributed by atoms with Gasteiger partial charge in [-0.05, 0) is 54.3 Å². The zero-order valence-corrected chi connectivity index (χ0v) is 19.0. The zero-order valence-electron chi connectivity index (χ0n) is 18.2. The lowest BCUT2D eigenvalue weighted by Gasteiger charge is -2.19. The van der Waals surface area contributed by atoms with Crippen LogP contribution in [-0.4, -0.2) is 30.4 Å². The van der Waals surface area contributed by atoms with E-state index in [0.717, 1.165) is 5.56 Å². The molecule has 1 N–H and O–H groups in total. The quantitative estimate of drug-likeness (QED) is 0.415. The maximum absolute atomic E-state index is 14.0. The van der Waals surface area contributed by atoms with E-state index < -0.39 is 28.4 Å². The Bertz CT molecular complexity index is 1290. The number of amides is 2. The van der Waals surface area contributed by atoms with Gasteiger partial charge in [0.2, 0.25) is 5.91 Å². The lowest BCUT2D eigenvalue weighted by Crippen LogP contribution is -2.30. The topological polar surface area (TPSA) is 71.5 Å². The smallest absolute Gasteiger partial charge is 0.269 e. The van der Waals surface area contributed by atoms with Crippen LogP contribution in [0.4, 0.5) is 18.9 Å². The number of carbonyl (C=O) groups excluding carboxylic acids is 2. The third kappa shape index (κ3) is 4.31. The number of hydrogen-bond donors (Lipinski definition) is 1. The van der Waals surface area contributed by atoms with Crippen LogP contribution in [0.2, 0.25) is 5.02 Å². The SMILES string of the molecule is CNC(=O)c1cc(Oc2ccc3c(c2)CCN3C(=O)Cc2c(C)c(F)c(F)c(F)c2Cl)ccn1. The second-order valence-corrected chi connectivity index (χ2v) is 8.06. The number of aromatic nitrogens is 1. The van der Waals surface area contributed by atoms with Crippen LogP contribution in [0.25, 0.3) is 0 Å². The summed E-state index contributed by atoms with van der Waals surface area (Å²) in [5.41, 5.74) is 1.40. The number of hydrogen-bond acceptors (Lipinski definition) is 4. The van der Waals surface area contributed by atoms with E-state index in [1.165, 1.54) is 31.1 Å². The molecular weight excluding hydrogens is 471 g/mol. The highest BCUT2D eigenvalue weighted by Crippen LogP contribution is 2.35. The summed E-state index contributed by atoms with van der Waals surface area (Å²) in [6.45, 7) is 1.61. The second-order valence-electron chi connectivity index (χ2n) is 7.68. The van der Waals surface area contributed by atoms with Crippen LogP contribution < -0.4 is 15.0 Å². The number of halogens is 4. The molecule has 176 valence electrons. The van der Waals surface area contributed by atoms with Crippen molar-refractivity contribution in [2.24, 2.45) is 0 Å². The molecule has 0 bridgehead atoms. The van der Waals surface area contributed by atoms with Crippen LogP contribution in [0.5, 0.6) is 11.5 Å². The van der Waals surface area contributed by atoms with Crippen molar-refractivity contribution in [2.75, 3.05) is 18.5 Å². The molecule has 3 aromatic rings. The second kappa shape index (κ2) is 9.34. The predicted molar refractivity (Wildman–Crippen MR) is 120 cm³/mol. The van der Waals surface area contributed by atoms with Crippen LogP contribution in [-0.2, 0) is 17.6 Å². The van der Waals surface area contributed by atoms with Crippen molar-refractivity contribution in [1.29, 1.82) is 0 Å². The number of ether oxygens (including phenoxy) is 1. The molecule has 1 aromatic heterocycles. The molecule has 0 radical (unpaired) electrons. The summed E-state index contributed by atoms with van der Waals surface area (Å²) < 4.78 is 47.3. The van der Waals surface area contributed by atoms with Gasteiger partial charge < -0.3 is 15.0 Å². The Labute approximate surface area is 198 Å². The van der Waals surface area contributed by atoms with E-state index in [-0.39, 0.29) is 29.1 Å². The van der Waals surface area contributed by atoms with E-state index >= 15 is 0 Å². The van der Waals surface area contributed by atoms with E-state index in [1.807, 2.05) is 0 Å². The van der Waals surface area contributed by atoms with Gasteiger partial charge in [-0.3, -0.25) is 14.6 Å². The third-order valence-electron chi connectivity index (χ3n) is 5.63. The Balaban J connectivity index is 1.53. The van der Waals surface area contributed by atoms with Crippen molar-refractivity contribution >= 4 is 29.1 Å². The minimum Gasteiger partial charge on any atom is -0.457 e. The Morgan fingerprint density at radius 3 is 2.59 bits per heavy atom. The Hall–Kier alpha value is -3.59. The fourth-order valence-corrected chi connectivity index (χ4v) is 4.10. The van der Waals surface area contributed by atoms with Gasteiger partial charge in [0.25, 0.3) is 5.91 Å². The maximum atomic E-state index is 14.0. The molecular formula is C24H19ClF3N3O3. The molecule has 10 heteroatoms. The number of nitrogens with zero attached hydrogens (tertiary/aromatic N) is 2. The Morgan fingerprint density at radius 1 is 1.12 bits per heavy atom. The van der Waals surface area contributed by atoms with Crippen LogP contribution in [0.1, 0.15) is 27.2 Å². The standard InChI is InChI=1S/C24H19ClF3N3O3/c1-12-16(20(25)22(27)23(28)21(12)26)11-19(32)31-8-6-13-9-14(3-4-18(13)31)34-15-5-7-30-17(10-15)24(33)29-2/h3-5,7,9-10H,6,8,11H2,1-2H3,(H,29,33).